The van der Waals surface area contributed by atoms with Gasteiger partial charge in [-0.2, -0.15) is 0 Å². The standard InChI is InChI=1S/C13H26N4/c1-11(13(2,3)4)7-15-8-12-9-17(6-5-14)10-16-12/h9-11,15H,5-8,14H2,1-4H3. The molecule has 0 aliphatic carbocycles. The Morgan fingerprint density at radius 2 is 2.18 bits per heavy atom. The molecule has 1 unspecified atom stereocenters. The average molecular weight is 238 g/mol. The van der Waals surface area contributed by atoms with Crippen molar-refractivity contribution in [2.45, 2.75) is 40.8 Å². The molecular weight excluding hydrogens is 212 g/mol. The maximum atomic E-state index is 5.49. The zero-order chi connectivity index (χ0) is 12.9. The molecule has 3 N–H and O–H groups in total. The zero-order valence-corrected chi connectivity index (χ0v) is 11.5. The highest BCUT2D eigenvalue weighted by Gasteiger charge is 2.19. The summed E-state index contributed by atoms with van der Waals surface area (Å²) in [5, 5.41) is 3.46. The molecule has 1 aromatic rings. The molecule has 0 aliphatic heterocycles. The van der Waals surface area contributed by atoms with Crippen LogP contribution >= 0.6 is 0 Å². The topological polar surface area (TPSA) is 55.9 Å². The van der Waals surface area contributed by atoms with Crippen LogP contribution in [0.5, 0.6) is 0 Å². The highest BCUT2D eigenvalue weighted by Crippen LogP contribution is 2.24. The molecule has 0 saturated carbocycles. The van der Waals surface area contributed by atoms with Crippen molar-refractivity contribution in [3.05, 3.63) is 18.2 Å². The smallest absolute Gasteiger partial charge is 0.0950 e. The van der Waals surface area contributed by atoms with Gasteiger partial charge in [0.05, 0.1) is 12.0 Å². The molecule has 0 saturated heterocycles. The lowest BCUT2D eigenvalue weighted by Crippen LogP contribution is -2.29. The number of nitrogens with two attached hydrogens (primary N) is 1. The Morgan fingerprint density at radius 1 is 1.47 bits per heavy atom. The number of aromatic nitrogens is 2. The van der Waals surface area contributed by atoms with Crippen LogP contribution < -0.4 is 11.1 Å². The minimum atomic E-state index is 0.353. The van der Waals surface area contributed by atoms with E-state index in [1.165, 1.54) is 0 Å². The lowest BCUT2D eigenvalue weighted by molar-refractivity contribution is 0.252. The Labute approximate surface area is 105 Å². The molecule has 0 aromatic carbocycles. The second-order valence-electron chi connectivity index (χ2n) is 5.79. The van der Waals surface area contributed by atoms with Crippen LogP contribution in [0.4, 0.5) is 0 Å². The predicted molar refractivity (Wildman–Crippen MR) is 71.6 cm³/mol. The van der Waals surface area contributed by atoms with E-state index >= 15 is 0 Å². The molecule has 4 heteroatoms. The summed E-state index contributed by atoms with van der Waals surface area (Å²) in [6, 6.07) is 0. The van der Waals surface area contributed by atoms with Crippen LogP contribution in [0.15, 0.2) is 12.5 Å². The second-order valence-corrected chi connectivity index (χ2v) is 5.79. The summed E-state index contributed by atoms with van der Waals surface area (Å²) in [6.07, 6.45) is 3.90. The molecule has 0 amide bonds. The summed E-state index contributed by atoms with van der Waals surface area (Å²) >= 11 is 0. The largest absolute Gasteiger partial charge is 0.336 e. The Morgan fingerprint density at radius 3 is 2.76 bits per heavy atom. The first kappa shape index (κ1) is 14.2. The number of hydrogen-bond donors (Lipinski definition) is 2. The zero-order valence-electron chi connectivity index (χ0n) is 11.5. The van der Waals surface area contributed by atoms with Crippen LogP contribution in [-0.2, 0) is 13.1 Å². The summed E-state index contributed by atoms with van der Waals surface area (Å²) in [5.41, 5.74) is 6.93. The van der Waals surface area contributed by atoms with Gasteiger partial charge in [0.1, 0.15) is 0 Å². The molecule has 0 radical (unpaired) electrons. The highest BCUT2D eigenvalue weighted by atomic mass is 15.0. The van der Waals surface area contributed by atoms with Crippen molar-refractivity contribution in [1.29, 1.82) is 0 Å². The molecule has 0 bridgehead atoms. The summed E-state index contributed by atoms with van der Waals surface area (Å²) in [7, 11) is 0. The van der Waals surface area contributed by atoms with Crippen molar-refractivity contribution in [2.24, 2.45) is 17.1 Å². The average Bonchev–Trinajstić information content (AvgIpc) is 2.65. The van der Waals surface area contributed by atoms with Crippen molar-refractivity contribution in [3.63, 3.8) is 0 Å². The van der Waals surface area contributed by atoms with Gasteiger partial charge in [-0.25, -0.2) is 4.98 Å². The fourth-order valence-electron chi connectivity index (χ4n) is 1.49. The fraction of sp³-hybridized carbons (Fsp3) is 0.769. The van der Waals surface area contributed by atoms with Crippen LogP contribution in [-0.4, -0.2) is 22.6 Å². The van der Waals surface area contributed by atoms with E-state index in [4.69, 9.17) is 5.73 Å². The van der Waals surface area contributed by atoms with Gasteiger partial charge in [0.25, 0.3) is 0 Å². The van der Waals surface area contributed by atoms with Gasteiger partial charge in [-0.15, -0.1) is 0 Å². The fourth-order valence-corrected chi connectivity index (χ4v) is 1.49. The van der Waals surface area contributed by atoms with Crippen LogP contribution in [0, 0.1) is 11.3 Å². The monoisotopic (exact) mass is 238 g/mol. The van der Waals surface area contributed by atoms with Crippen molar-refractivity contribution in [1.82, 2.24) is 14.9 Å². The van der Waals surface area contributed by atoms with E-state index in [9.17, 15) is 0 Å². The number of imidazole rings is 1. The van der Waals surface area contributed by atoms with Crippen molar-refractivity contribution in [3.8, 4) is 0 Å². The van der Waals surface area contributed by atoms with Gasteiger partial charge in [-0.05, 0) is 17.9 Å². The van der Waals surface area contributed by atoms with E-state index in [0.717, 1.165) is 25.3 Å². The Kier molecular flexibility index (Phi) is 5.15. The van der Waals surface area contributed by atoms with Gasteiger partial charge >= 0.3 is 0 Å². The highest BCUT2D eigenvalue weighted by molar-refractivity contribution is 4.96. The third kappa shape index (κ3) is 4.88. The quantitative estimate of drug-likeness (QED) is 0.791. The number of hydrogen-bond acceptors (Lipinski definition) is 3. The van der Waals surface area contributed by atoms with E-state index in [0.29, 0.717) is 17.9 Å². The van der Waals surface area contributed by atoms with Crippen molar-refractivity contribution < 1.29 is 0 Å². The van der Waals surface area contributed by atoms with Crippen molar-refractivity contribution in [2.75, 3.05) is 13.1 Å². The first-order chi connectivity index (χ1) is 7.93. The molecule has 1 heterocycles. The van der Waals surface area contributed by atoms with Crippen LogP contribution in [0.3, 0.4) is 0 Å². The lowest BCUT2D eigenvalue weighted by atomic mass is 9.82. The minimum Gasteiger partial charge on any atom is -0.336 e. The number of nitrogens with zero attached hydrogens (tertiary/aromatic N) is 2. The number of rotatable bonds is 6. The normalized spacial score (nSPS) is 13.9. The summed E-state index contributed by atoms with van der Waals surface area (Å²) < 4.78 is 2.03. The van der Waals surface area contributed by atoms with E-state index < -0.39 is 0 Å². The SMILES string of the molecule is CC(CNCc1cn(CCN)cn1)C(C)(C)C. The van der Waals surface area contributed by atoms with E-state index in [1.54, 1.807) is 0 Å². The Hall–Kier alpha value is -0.870. The Bertz CT molecular complexity index is 324. The maximum Gasteiger partial charge on any atom is 0.0950 e. The van der Waals surface area contributed by atoms with Crippen molar-refractivity contribution >= 4 is 0 Å². The molecule has 0 fully saturated rings. The van der Waals surface area contributed by atoms with Crippen LogP contribution in [0.2, 0.25) is 0 Å². The van der Waals surface area contributed by atoms with Gasteiger partial charge in [-0.3, -0.25) is 0 Å². The third-order valence-corrected chi connectivity index (χ3v) is 3.31. The summed E-state index contributed by atoms with van der Waals surface area (Å²) in [5.74, 6) is 0.647. The molecule has 17 heavy (non-hydrogen) atoms. The van der Waals surface area contributed by atoms with Gasteiger partial charge in [-0.1, -0.05) is 27.7 Å². The summed E-state index contributed by atoms with van der Waals surface area (Å²) in [4.78, 5) is 4.34. The van der Waals surface area contributed by atoms with E-state index in [2.05, 4.69) is 44.2 Å². The predicted octanol–water partition coefficient (Wildman–Crippen LogP) is 1.61. The molecule has 1 aromatic heterocycles. The van der Waals surface area contributed by atoms with E-state index in [-0.39, 0.29) is 0 Å². The number of nitrogens with one attached hydrogen (secondary N) is 1. The summed E-state index contributed by atoms with van der Waals surface area (Å²) in [6.45, 7) is 12.4. The first-order valence-electron chi connectivity index (χ1n) is 6.35. The molecule has 4 nitrogen and oxygen atoms in total. The Balaban J connectivity index is 2.30. The second kappa shape index (κ2) is 6.17. The molecule has 1 rings (SSSR count). The molecule has 1 atom stereocenters. The molecular formula is C13H26N4. The van der Waals surface area contributed by atoms with Gasteiger partial charge < -0.3 is 15.6 Å². The van der Waals surface area contributed by atoms with Gasteiger partial charge in [0.2, 0.25) is 0 Å². The van der Waals surface area contributed by atoms with Gasteiger partial charge in [0, 0.05) is 25.8 Å². The minimum absolute atomic E-state index is 0.353. The van der Waals surface area contributed by atoms with E-state index in [1.807, 2.05) is 10.9 Å². The van der Waals surface area contributed by atoms with Crippen LogP contribution in [0.25, 0.3) is 0 Å². The molecule has 0 aliphatic rings. The third-order valence-electron chi connectivity index (χ3n) is 3.31. The maximum absolute atomic E-state index is 5.49. The lowest BCUT2D eigenvalue weighted by Gasteiger charge is -2.27. The van der Waals surface area contributed by atoms with Crippen LogP contribution in [0.1, 0.15) is 33.4 Å². The molecule has 98 valence electrons. The molecule has 0 spiro atoms. The van der Waals surface area contributed by atoms with Gasteiger partial charge in [0.15, 0.2) is 0 Å². The first-order valence-corrected chi connectivity index (χ1v) is 6.35.